The second kappa shape index (κ2) is 8.30. The van der Waals surface area contributed by atoms with Crippen molar-refractivity contribution in [3.63, 3.8) is 0 Å². The molecule has 1 aliphatic rings. The standard InChI is InChI=1S/C19H19F2N5O2/c20-19(21)28-14-6-5-13(22-12-14)11-23-17-18(26-7-9-27-10-8-26)25-16-4-2-1-3-15(16)24-17/h1-6,12,19H,7-11H2,(H,23,24). The number of morpholine rings is 1. The van der Waals surface area contributed by atoms with Crippen molar-refractivity contribution in [2.24, 2.45) is 0 Å². The van der Waals surface area contributed by atoms with E-state index in [2.05, 4.69) is 19.9 Å². The lowest BCUT2D eigenvalue weighted by atomic mass is 10.3. The van der Waals surface area contributed by atoms with E-state index in [0.29, 0.717) is 31.3 Å². The van der Waals surface area contributed by atoms with Crippen molar-refractivity contribution in [1.29, 1.82) is 0 Å². The van der Waals surface area contributed by atoms with Gasteiger partial charge in [-0.2, -0.15) is 8.78 Å². The highest BCUT2D eigenvalue weighted by Crippen LogP contribution is 2.26. The number of anilines is 2. The summed E-state index contributed by atoms with van der Waals surface area (Å²) in [5, 5.41) is 3.27. The van der Waals surface area contributed by atoms with Gasteiger partial charge in [-0.05, 0) is 24.3 Å². The van der Waals surface area contributed by atoms with Crippen molar-refractivity contribution in [2.45, 2.75) is 13.2 Å². The first-order valence-electron chi connectivity index (χ1n) is 8.92. The molecular formula is C19H19F2N5O2. The van der Waals surface area contributed by atoms with Crippen LogP contribution >= 0.6 is 0 Å². The summed E-state index contributed by atoms with van der Waals surface area (Å²) < 4.78 is 34.2. The lowest BCUT2D eigenvalue weighted by molar-refractivity contribution is -0.0500. The molecule has 28 heavy (non-hydrogen) atoms. The predicted molar refractivity (Wildman–Crippen MR) is 101 cm³/mol. The van der Waals surface area contributed by atoms with Crippen LogP contribution in [-0.2, 0) is 11.3 Å². The molecule has 3 aromatic rings. The highest BCUT2D eigenvalue weighted by molar-refractivity contribution is 5.80. The van der Waals surface area contributed by atoms with E-state index in [0.717, 1.165) is 29.9 Å². The third-order valence-corrected chi connectivity index (χ3v) is 4.32. The first-order valence-corrected chi connectivity index (χ1v) is 8.92. The van der Waals surface area contributed by atoms with E-state index in [-0.39, 0.29) is 5.75 Å². The number of nitrogens with zero attached hydrogens (tertiary/aromatic N) is 4. The summed E-state index contributed by atoms with van der Waals surface area (Å²) in [7, 11) is 0. The van der Waals surface area contributed by atoms with Gasteiger partial charge in [0.05, 0.1) is 42.7 Å². The SMILES string of the molecule is FC(F)Oc1ccc(CNc2nc3ccccc3nc2N2CCOCC2)nc1. The number of hydrogen-bond acceptors (Lipinski definition) is 7. The van der Waals surface area contributed by atoms with Gasteiger partial charge in [0, 0.05) is 13.1 Å². The summed E-state index contributed by atoms with van der Waals surface area (Å²) in [5.41, 5.74) is 2.28. The van der Waals surface area contributed by atoms with E-state index >= 15 is 0 Å². The van der Waals surface area contributed by atoms with E-state index < -0.39 is 6.61 Å². The van der Waals surface area contributed by atoms with Gasteiger partial charge < -0.3 is 19.7 Å². The van der Waals surface area contributed by atoms with Crippen molar-refractivity contribution in [1.82, 2.24) is 15.0 Å². The Kier molecular flexibility index (Phi) is 5.43. The molecule has 2 aromatic heterocycles. The number of benzene rings is 1. The largest absolute Gasteiger partial charge is 0.433 e. The highest BCUT2D eigenvalue weighted by Gasteiger charge is 2.18. The van der Waals surface area contributed by atoms with Crippen LogP contribution in [0.5, 0.6) is 5.75 Å². The maximum atomic E-state index is 12.2. The molecule has 7 nitrogen and oxygen atoms in total. The van der Waals surface area contributed by atoms with Crippen molar-refractivity contribution in [3.05, 3.63) is 48.3 Å². The second-order valence-electron chi connectivity index (χ2n) is 6.20. The van der Waals surface area contributed by atoms with Crippen LogP contribution in [0.25, 0.3) is 11.0 Å². The quantitative estimate of drug-likeness (QED) is 0.697. The minimum atomic E-state index is -2.87. The molecule has 0 saturated carbocycles. The van der Waals surface area contributed by atoms with Crippen molar-refractivity contribution >= 4 is 22.7 Å². The van der Waals surface area contributed by atoms with Crippen LogP contribution in [0.4, 0.5) is 20.4 Å². The first kappa shape index (κ1) is 18.3. The molecule has 1 aromatic carbocycles. The van der Waals surface area contributed by atoms with E-state index in [9.17, 15) is 8.78 Å². The maximum absolute atomic E-state index is 12.2. The zero-order chi connectivity index (χ0) is 19.3. The smallest absolute Gasteiger partial charge is 0.387 e. The topological polar surface area (TPSA) is 72.4 Å². The molecule has 0 amide bonds. The minimum absolute atomic E-state index is 0.0262. The van der Waals surface area contributed by atoms with Crippen LogP contribution in [0.3, 0.4) is 0 Å². The molecule has 1 fully saturated rings. The van der Waals surface area contributed by atoms with Crippen molar-refractivity contribution < 1.29 is 18.3 Å². The number of nitrogens with one attached hydrogen (secondary N) is 1. The number of halogens is 2. The number of alkyl halides is 2. The summed E-state index contributed by atoms with van der Waals surface area (Å²) in [6, 6.07) is 10.8. The van der Waals surface area contributed by atoms with Gasteiger partial charge in [-0.25, -0.2) is 9.97 Å². The highest BCUT2D eigenvalue weighted by atomic mass is 19.3. The Morgan fingerprint density at radius 1 is 1.07 bits per heavy atom. The van der Waals surface area contributed by atoms with Crippen LogP contribution < -0.4 is 15.0 Å². The fourth-order valence-corrected chi connectivity index (χ4v) is 2.97. The molecule has 0 unspecified atom stereocenters. The van der Waals surface area contributed by atoms with Gasteiger partial charge in [0.15, 0.2) is 11.6 Å². The number of fused-ring (bicyclic) bond motifs is 1. The van der Waals surface area contributed by atoms with Gasteiger partial charge >= 0.3 is 6.61 Å². The van der Waals surface area contributed by atoms with Gasteiger partial charge in [-0.15, -0.1) is 0 Å². The number of hydrogen-bond donors (Lipinski definition) is 1. The molecule has 0 radical (unpaired) electrons. The molecule has 1 aliphatic heterocycles. The molecule has 146 valence electrons. The summed E-state index contributed by atoms with van der Waals surface area (Å²) in [6.45, 7) is 0.260. The van der Waals surface area contributed by atoms with Gasteiger partial charge in [0.25, 0.3) is 0 Å². The zero-order valence-electron chi connectivity index (χ0n) is 15.0. The third kappa shape index (κ3) is 4.25. The number of aromatic nitrogens is 3. The molecule has 0 aliphatic carbocycles. The number of para-hydroxylation sites is 2. The van der Waals surface area contributed by atoms with E-state index in [1.54, 1.807) is 6.07 Å². The molecule has 3 heterocycles. The van der Waals surface area contributed by atoms with E-state index in [1.165, 1.54) is 12.3 Å². The normalized spacial score (nSPS) is 14.5. The molecule has 4 rings (SSSR count). The lowest BCUT2D eigenvalue weighted by Gasteiger charge is -2.29. The lowest BCUT2D eigenvalue weighted by Crippen LogP contribution is -2.37. The molecule has 0 spiro atoms. The Balaban J connectivity index is 1.56. The van der Waals surface area contributed by atoms with Crippen LogP contribution in [0, 0.1) is 0 Å². The van der Waals surface area contributed by atoms with Crippen LogP contribution in [-0.4, -0.2) is 47.9 Å². The van der Waals surface area contributed by atoms with Crippen LogP contribution in [0.2, 0.25) is 0 Å². The molecule has 0 bridgehead atoms. The van der Waals surface area contributed by atoms with Crippen molar-refractivity contribution in [2.75, 3.05) is 36.5 Å². The van der Waals surface area contributed by atoms with Gasteiger partial charge in [0.2, 0.25) is 0 Å². The summed E-state index contributed by atoms with van der Waals surface area (Å²) >= 11 is 0. The monoisotopic (exact) mass is 387 g/mol. The molecule has 0 atom stereocenters. The Morgan fingerprint density at radius 3 is 2.50 bits per heavy atom. The summed E-state index contributed by atoms with van der Waals surface area (Å²) in [5.74, 6) is 1.44. The Morgan fingerprint density at radius 2 is 1.82 bits per heavy atom. The van der Waals surface area contributed by atoms with Gasteiger partial charge in [-0.1, -0.05) is 12.1 Å². The Labute approximate surface area is 160 Å². The third-order valence-electron chi connectivity index (χ3n) is 4.32. The maximum Gasteiger partial charge on any atom is 0.387 e. The van der Waals surface area contributed by atoms with E-state index in [4.69, 9.17) is 14.7 Å². The summed E-state index contributed by atoms with van der Waals surface area (Å²) in [4.78, 5) is 15.8. The molecule has 1 N–H and O–H groups in total. The van der Waals surface area contributed by atoms with Crippen molar-refractivity contribution in [3.8, 4) is 5.75 Å². The number of pyridine rings is 1. The van der Waals surface area contributed by atoms with Crippen LogP contribution in [0.1, 0.15) is 5.69 Å². The minimum Gasteiger partial charge on any atom is -0.433 e. The summed E-state index contributed by atoms with van der Waals surface area (Å²) in [6.07, 6.45) is 1.28. The van der Waals surface area contributed by atoms with E-state index in [1.807, 2.05) is 24.3 Å². The van der Waals surface area contributed by atoms with Gasteiger partial charge in [-0.3, -0.25) is 4.98 Å². The van der Waals surface area contributed by atoms with Crippen LogP contribution in [0.15, 0.2) is 42.6 Å². The molecule has 9 heteroatoms. The second-order valence-corrected chi connectivity index (χ2v) is 6.20. The van der Waals surface area contributed by atoms with Gasteiger partial charge in [0.1, 0.15) is 5.75 Å². The first-order chi connectivity index (χ1) is 13.7. The fraction of sp³-hybridized carbons (Fsp3) is 0.316. The predicted octanol–water partition coefficient (Wildman–Crippen LogP) is 3.07. The zero-order valence-corrected chi connectivity index (χ0v) is 15.0. The average molecular weight is 387 g/mol. The number of ether oxygens (including phenoxy) is 2. The fourth-order valence-electron chi connectivity index (χ4n) is 2.97. The molecular weight excluding hydrogens is 368 g/mol. The number of rotatable bonds is 6. The molecule has 1 saturated heterocycles. The average Bonchev–Trinajstić information content (AvgIpc) is 2.73. The Hall–Kier alpha value is -3.07. The Bertz CT molecular complexity index is 933.